The van der Waals surface area contributed by atoms with Gasteiger partial charge in [0.25, 0.3) is 0 Å². The van der Waals surface area contributed by atoms with E-state index in [1.165, 1.54) is 22.9 Å². The first-order valence-corrected chi connectivity index (χ1v) is 6.76. The number of aryl methyl sites for hydroxylation is 1. The molecule has 1 aromatic carbocycles. The summed E-state index contributed by atoms with van der Waals surface area (Å²) in [6.07, 6.45) is 5.61. The molecule has 2 rings (SSSR count). The lowest BCUT2D eigenvalue weighted by Gasteiger charge is -2.03. The maximum atomic E-state index is 5.47. The zero-order chi connectivity index (χ0) is 12.8. The van der Waals surface area contributed by atoms with Crippen LogP contribution >= 0.6 is 0 Å². The predicted octanol–water partition coefficient (Wildman–Crippen LogP) is 2.05. The Labute approximate surface area is 109 Å². The zero-order valence-corrected chi connectivity index (χ0v) is 11.2. The van der Waals surface area contributed by atoms with E-state index in [9.17, 15) is 0 Å². The van der Waals surface area contributed by atoms with Crippen molar-refractivity contribution in [1.82, 2.24) is 9.88 Å². The van der Waals surface area contributed by atoms with Gasteiger partial charge < -0.3 is 15.6 Å². The van der Waals surface area contributed by atoms with Gasteiger partial charge in [-0.15, -0.1) is 0 Å². The summed E-state index contributed by atoms with van der Waals surface area (Å²) in [6, 6.07) is 8.59. The van der Waals surface area contributed by atoms with Crippen molar-refractivity contribution in [1.29, 1.82) is 0 Å². The van der Waals surface area contributed by atoms with Crippen molar-refractivity contribution >= 4 is 10.9 Å². The third kappa shape index (κ3) is 3.12. The van der Waals surface area contributed by atoms with Crippen LogP contribution in [0.25, 0.3) is 10.9 Å². The normalized spacial score (nSPS) is 11.2. The Hall–Kier alpha value is -1.32. The molecule has 0 amide bonds. The van der Waals surface area contributed by atoms with Crippen molar-refractivity contribution in [3.63, 3.8) is 0 Å². The van der Waals surface area contributed by atoms with Gasteiger partial charge in [0.1, 0.15) is 0 Å². The van der Waals surface area contributed by atoms with Gasteiger partial charge in [0.05, 0.1) is 0 Å². The second kappa shape index (κ2) is 6.57. The standard InChI is InChI=1S/C15H23N3/c1-18-12-13(8-11-17-10-5-4-9-16)14-6-2-3-7-15(14)18/h2-3,6-7,12,17H,4-5,8-11,16H2,1H3. The lowest BCUT2D eigenvalue weighted by Crippen LogP contribution is -2.19. The SMILES string of the molecule is Cn1cc(CCNCCCCN)c2ccccc21. The molecule has 0 aliphatic rings. The number of fused-ring (bicyclic) bond motifs is 1. The number of hydrogen-bond acceptors (Lipinski definition) is 2. The number of rotatable bonds is 7. The van der Waals surface area contributed by atoms with Crippen LogP contribution in [0.5, 0.6) is 0 Å². The molecule has 98 valence electrons. The van der Waals surface area contributed by atoms with Crippen molar-refractivity contribution in [3.8, 4) is 0 Å². The summed E-state index contributed by atoms with van der Waals surface area (Å²) in [5.41, 5.74) is 8.21. The first-order chi connectivity index (χ1) is 8.83. The molecule has 2 aromatic rings. The van der Waals surface area contributed by atoms with Crippen LogP contribution < -0.4 is 11.1 Å². The molecule has 0 atom stereocenters. The highest BCUT2D eigenvalue weighted by atomic mass is 14.9. The van der Waals surface area contributed by atoms with Crippen LogP contribution in [0.15, 0.2) is 30.5 Å². The number of nitrogens with one attached hydrogen (secondary N) is 1. The molecule has 0 saturated heterocycles. The summed E-state index contributed by atoms with van der Waals surface area (Å²) in [5.74, 6) is 0. The van der Waals surface area contributed by atoms with Gasteiger partial charge in [-0.25, -0.2) is 0 Å². The average molecular weight is 245 g/mol. The molecule has 1 aromatic heterocycles. The van der Waals surface area contributed by atoms with E-state index in [0.717, 1.165) is 32.5 Å². The van der Waals surface area contributed by atoms with Crippen molar-refractivity contribution in [2.45, 2.75) is 19.3 Å². The number of para-hydroxylation sites is 1. The van der Waals surface area contributed by atoms with Crippen LogP contribution in [-0.2, 0) is 13.5 Å². The van der Waals surface area contributed by atoms with Gasteiger partial charge >= 0.3 is 0 Å². The minimum absolute atomic E-state index is 0.797. The Kier molecular flexibility index (Phi) is 4.79. The van der Waals surface area contributed by atoms with Crippen molar-refractivity contribution in [2.24, 2.45) is 12.8 Å². The third-order valence-corrected chi connectivity index (χ3v) is 3.36. The average Bonchev–Trinajstić information content (AvgIpc) is 2.71. The highest BCUT2D eigenvalue weighted by molar-refractivity contribution is 5.83. The Morgan fingerprint density at radius 2 is 2.00 bits per heavy atom. The molecule has 3 nitrogen and oxygen atoms in total. The second-order valence-corrected chi connectivity index (χ2v) is 4.78. The second-order valence-electron chi connectivity index (χ2n) is 4.78. The van der Waals surface area contributed by atoms with Gasteiger partial charge in [-0.2, -0.15) is 0 Å². The van der Waals surface area contributed by atoms with Gasteiger partial charge in [-0.1, -0.05) is 18.2 Å². The number of unbranched alkanes of at least 4 members (excludes halogenated alkanes) is 1. The first-order valence-electron chi connectivity index (χ1n) is 6.76. The summed E-state index contributed by atoms with van der Waals surface area (Å²) in [4.78, 5) is 0. The molecule has 0 spiro atoms. The summed E-state index contributed by atoms with van der Waals surface area (Å²) in [7, 11) is 2.11. The van der Waals surface area contributed by atoms with E-state index < -0.39 is 0 Å². The fourth-order valence-corrected chi connectivity index (χ4v) is 2.37. The Bertz CT molecular complexity index is 487. The maximum Gasteiger partial charge on any atom is 0.0480 e. The van der Waals surface area contributed by atoms with Crippen molar-refractivity contribution in [2.75, 3.05) is 19.6 Å². The molecule has 0 aliphatic heterocycles. The number of benzene rings is 1. The lowest BCUT2D eigenvalue weighted by atomic mass is 10.1. The number of hydrogen-bond donors (Lipinski definition) is 2. The van der Waals surface area contributed by atoms with E-state index in [0.29, 0.717) is 0 Å². The monoisotopic (exact) mass is 245 g/mol. The maximum absolute atomic E-state index is 5.47. The zero-order valence-electron chi connectivity index (χ0n) is 11.2. The van der Waals surface area contributed by atoms with Gasteiger partial charge in [0.2, 0.25) is 0 Å². The minimum Gasteiger partial charge on any atom is -0.350 e. The Balaban J connectivity index is 1.88. The number of aromatic nitrogens is 1. The van der Waals surface area contributed by atoms with Gasteiger partial charge in [-0.05, 0) is 50.5 Å². The molecule has 0 fully saturated rings. The largest absolute Gasteiger partial charge is 0.350 e. The first kappa shape index (κ1) is 13.1. The molecule has 0 aliphatic carbocycles. The van der Waals surface area contributed by atoms with Crippen LogP contribution in [0, 0.1) is 0 Å². The van der Waals surface area contributed by atoms with Gasteiger partial charge in [0.15, 0.2) is 0 Å². The molecular formula is C15H23N3. The molecule has 0 radical (unpaired) electrons. The summed E-state index contributed by atoms with van der Waals surface area (Å²) in [5, 5.41) is 4.86. The van der Waals surface area contributed by atoms with E-state index in [4.69, 9.17) is 5.73 Å². The lowest BCUT2D eigenvalue weighted by molar-refractivity contribution is 0.627. The highest BCUT2D eigenvalue weighted by Crippen LogP contribution is 2.20. The van der Waals surface area contributed by atoms with E-state index >= 15 is 0 Å². The van der Waals surface area contributed by atoms with E-state index in [1.54, 1.807) is 0 Å². The molecule has 0 unspecified atom stereocenters. The van der Waals surface area contributed by atoms with E-state index in [2.05, 4.69) is 47.4 Å². The van der Waals surface area contributed by atoms with E-state index in [1.807, 2.05) is 0 Å². The Morgan fingerprint density at radius 1 is 1.17 bits per heavy atom. The molecule has 0 saturated carbocycles. The van der Waals surface area contributed by atoms with Crippen LogP contribution in [0.1, 0.15) is 18.4 Å². The van der Waals surface area contributed by atoms with Crippen LogP contribution in [-0.4, -0.2) is 24.2 Å². The molecule has 0 bridgehead atoms. The van der Waals surface area contributed by atoms with Crippen LogP contribution in [0.4, 0.5) is 0 Å². The molecule has 3 heteroatoms. The molecule has 3 N–H and O–H groups in total. The molecule has 1 heterocycles. The minimum atomic E-state index is 0.797. The van der Waals surface area contributed by atoms with Crippen molar-refractivity contribution < 1.29 is 0 Å². The molecule has 18 heavy (non-hydrogen) atoms. The van der Waals surface area contributed by atoms with Crippen molar-refractivity contribution in [3.05, 3.63) is 36.0 Å². The predicted molar refractivity (Wildman–Crippen MR) is 77.8 cm³/mol. The van der Waals surface area contributed by atoms with Crippen LogP contribution in [0.2, 0.25) is 0 Å². The summed E-state index contributed by atoms with van der Waals surface area (Å²) >= 11 is 0. The van der Waals surface area contributed by atoms with Gasteiger partial charge in [0, 0.05) is 24.1 Å². The van der Waals surface area contributed by atoms with Crippen LogP contribution in [0.3, 0.4) is 0 Å². The topological polar surface area (TPSA) is 43.0 Å². The fraction of sp³-hybridized carbons (Fsp3) is 0.467. The fourth-order valence-electron chi connectivity index (χ4n) is 2.37. The third-order valence-electron chi connectivity index (χ3n) is 3.36. The highest BCUT2D eigenvalue weighted by Gasteiger charge is 2.04. The van der Waals surface area contributed by atoms with Gasteiger partial charge in [-0.3, -0.25) is 0 Å². The Morgan fingerprint density at radius 3 is 2.83 bits per heavy atom. The molecular weight excluding hydrogens is 222 g/mol. The quantitative estimate of drug-likeness (QED) is 0.733. The van der Waals surface area contributed by atoms with E-state index in [-0.39, 0.29) is 0 Å². The summed E-state index contributed by atoms with van der Waals surface area (Å²) in [6.45, 7) is 2.91. The number of nitrogens with two attached hydrogens (primary N) is 1. The summed E-state index contributed by atoms with van der Waals surface area (Å²) < 4.78 is 2.21. The smallest absolute Gasteiger partial charge is 0.0480 e. The number of nitrogens with zero attached hydrogens (tertiary/aromatic N) is 1.